The number of hydrogen-bond donors (Lipinski definition) is 3. The summed E-state index contributed by atoms with van der Waals surface area (Å²) in [6, 6.07) is 7.85. The van der Waals surface area contributed by atoms with Crippen LogP contribution >= 0.6 is 15.9 Å². The van der Waals surface area contributed by atoms with Gasteiger partial charge in [0.15, 0.2) is 5.96 Å². The predicted octanol–water partition coefficient (Wildman–Crippen LogP) is 1.09. The average molecular weight is 284 g/mol. The van der Waals surface area contributed by atoms with Crippen molar-refractivity contribution < 1.29 is 0 Å². The number of hydrogen-bond acceptors (Lipinski definition) is 1. The van der Waals surface area contributed by atoms with Gasteiger partial charge in [0.05, 0.1) is 0 Å². The molecule has 0 heterocycles. The number of guanidine groups is 2. The highest BCUT2D eigenvalue weighted by Gasteiger charge is 2.04. The van der Waals surface area contributed by atoms with Crippen LogP contribution in [-0.4, -0.2) is 23.9 Å². The van der Waals surface area contributed by atoms with Crippen molar-refractivity contribution in [2.45, 2.75) is 6.54 Å². The van der Waals surface area contributed by atoms with Gasteiger partial charge in [-0.3, -0.25) is 5.41 Å². The second-order valence-corrected chi connectivity index (χ2v) is 4.26. The summed E-state index contributed by atoms with van der Waals surface area (Å²) < 4.78 is 1.03. The Kier molecular flexibility index (Phi) is 4.30. The fourth-order valence-electron chi connectivity index (χ4n) is 1.15. The summed E-state index contributed by atoms with van der Waals surface area (Å²) in [4.78, 5) is 5.32. The second-order valence-electron chi connectivity index (χ2n) is 3.34. The maximum atomic E-state index is 7.59. The Balaban J connectivity index is 2.64. The number of rotatable bonds is 2. The van der Waals surface area contributed by atoms with Crippen molar-refractivity contribution in [1.29, 1.82) is 5.41 Å². The Bertz CT molecular complexity index is 394. The Morgan fingerprint density at radius 2 is 1.94 bits per heavy atom. The van der Waals surface area contributed by atoms with Gasteiger partial charge in [0.2, 0.25) is 5.96 Å². The van der Waals surface area contributed by atoms with Crippen LogP contribution in [0.25, 0.3) is 0 Å². The third-order valence-electron chi connectivity index (χ3n) is 1.93. The minimum absolute atomic E-state index is 0.0444. The summed E-state index contributed by atoms with van der Waals surface area (Å²) >= 11 is 3.36. The molecule has 16 heavy (non-hydrogen) atoms. The van der Waals surface area contributed by atoms with Crippen molar-refractivity contribution in [1.82, 2.24) is 4.90 Å². The summed E-state index contributed by atoms with van der Waals surface area (Å²) in [6.45, 7) is 0.586. The summed E-state index contributed by atoms with van der Waals surface area (Å²) in [7, 11) is 1.76. The molecule has 5 nitrogen and oxygen atoms in total. The van der Waals surface area contributed by atoms with Crippen molar-refractivity contribution in [3.05, 3.63) is 34.3 Å². The minimum Gasteiger partial charge on any atom is -0.370 e. The van der Waals surface area contributed by atoms with Crippen molar-refractivity contribution >= 4 is 27.8 Å². The Labute approximate surface area is 103 Å². The van der Waals surface area contributed by atoms with Gasteiger partial charge in [-0.2, -0.15) is 4.99 Å². The molecule has 0 aliphatic carbocycles. The van der Waals surface area contributed by atoms with Crippen LogP contribution in [0, 0.1) is 5.41 Å². The molecule has 6 heteroatoms. The first kappa shape index (κ1) is 12.5. The molecule has 0 aromatic heterocycles. The van der Waals surface area contributed by atoms with E-state index in [4.69, 9.17) is 16.9 Å². The van der Waals surface area contributed by atoms with Gasteiger partial charge in [-0.05, 0) is 17.7 Å². The van der Waals surface area contributed by atoms with Crippen molar-refractivity contribution in [3.63, 3.8) is 0 Å². The number of nitrogens with two attached hydrogens (primary N) is 2. The molecule has 0 bridgehead atoms. The van der Waals surface area contributed by atoms with Gasteiger partial charge < -0.3 is 16.4 Å². The van der Waals surface area contributed by atoms with Crippen LogP contribution < -0.4 is 11.5 Å². The first-order valence-electron chi connectivity index (χ1n) is 4.63. The van der Waals surface area contributed by atoms with Crippen molar-refractivity contribution in [2.24, 2.45) is 16.5 Å². The van der Waals surface area contributed by atoms with E-state index in [1.807, 2.05) is 24.3 Å². The Morgan fingerprint density at radius 1 is 1.38 bits per heavy atom. The number of nitrogens with one attached hydrogen (secondary N) is 1. The minimum atomic E-state index is -0.104. The zero-order valence-electron chi connectivity index (χ0n) is 8.94. The number of aliphatic imine (C=N–C) groups is 1. The Hall–Kier alpha value is -1.56. The lowest BCUT2D eigenvalue weighted by molar-refractivity contribution is 0.491. The molecular weight excluding hydrogens is 270 g/mol. The van der Waals surface area contributed by atoms with Gasteiger partial charge in [-0.25, -0.2) is 0 Å². The molecule has 0 fully saturated rings. The van der Waals surface area contributed by atoms with E-state index in [1.54, 1.807) is 11.9 Å². The number of halogens is 1. The van der Waals surface area contributed by atoms with E-state index in [9.17, 15) is 0 Å². The quantitative estimate of drug-likeness (QED) is 0.560. The molecule has 0 aliphatic rings. The topological polar surface area (TPSA) is 91.5 Å². The average Bonchev–Trinajstić information content (AvgIpc) is 2.20. The number of nitrogens with zero attached hydrogens (tertiary/aromatic N) is 2. The molecular formula is C10H14BrN5. The monoisotopic (exact) mass is 283 g/mol. The summed E-state index contributed by atoms with van der Waals surface area (Å²) in [5.74, 6) is -0.0597. The largest absolute Gasteiger partial charge is 0.370 e. The molecule has 5 N–H and O–H groups in total. The third kappa shape index (κ3) is 3.90. The molecule has 1 aromatic carbocycles. The molecule has 0 unspecified atom stereocenters. The van der Waals surface area contributed by atoms with E-state index in [0.29, 0.717) is 6.54 Å². The van der Waals surface area contributed by atoms with Gasteiger partial charge in [0.1, 0.15) is 0 Å². The van der Waals surface area contributed by atoms with Crippen molar-refractivity contribution in [3.8, 4) is 0 Å². The van der Waals surface area contributed by atoms with E-state index >= 15 is 0 Å². The highest BCUT2D eigenvalue weighted by Crippen LogP contribution is 2.11. The standard InChI is InChI=1S/C10H14BrN5/c1-16(10(14)15-9(12)13)6-7-2-4-8(11)5-3-7/h2-5H,6H2,1H3,(H5,12,13,14,15). The fourth-order valence-corrected chi connectivity index (χ4v) is 1.41. The number of benzene rings is 1. The van der Waals surface area contributed by atoms with Gasteiger partial charge in [0.25, 0.3) is 0 Å². The van der Waals surface area contributed by atoms with Crippen LogP contribution in [0.3, 0.4) is 0 Å². The lowest BCUT2D eigenvalue weighted by atomic mass is 10.2. The van der Waals surface area contributed by atoms with Crippen molar-refractivity contribution in [2.75, 3.05) is 7.05 Å². The first-order chi connectivity index (χ1) is 7.49. The van der Waals surface area contributed by atoms with Crippen LogP contribution in [0.15, 0.2) is 33.7 Å². The van der Waals surface area contributed by atoms with Crippen LogP contribution in [-0.2, 0) is 6.54 Å². The molecule has 0 saturated carbocycles. The second kappa shape index (κ2) is 5.50. The summed E-state index contributed by atoms with van der Waals surface area (Å²) in [6.07, 6.45) is 0. The van der Waals surface area contributed by atoms with Gasteiger partial charge in [-0.15, -0.1) is 0 Å². The smallest absolute Gasteiger partial charge is 0.221 e. The lowest BCUT2D eigenvalue weighted by Crippen LogP contribution is -2.30. The van der Waals surface area contributed by atoms with Crippen LogP contribution in [0.2, 0.25) is 0 Å². The molecule has 0 spiro atoms. The first-order valence-corrected chi connectivity index (χ1v) is 5.42. The lowest BCUT2D eigenvalue weighted by Gasteiger charge is -2.16. The van der Waals surface area contributed by atoms with Crippen LogP contribution in [0.5, 0.6) is 0 Å². The third-order valence-corrected chi connectivity index (χ3v) is 2.46. The molecule has 86 valence electrons. The van der Waals surface area contributed by atoms with E-state index in [1.165, 1.54) is 0 Å². The normalized spacial score (nSPS) is 9.62. The maximum absolute atomic E-state index is 7.59. The van der Waals surface area contributed by atoms with E-state index in [0.717, 1.165) is 10.0 Å². The fraction of sp³-hybridized carbons (Fsp3) is 0.200. The predicted molar refractivity (Wildman–Crippen MR) is 69.1 cm³/mol. The van der Waals surface area contributed by atoms with E-state index < -0.39 is 0 Å². The SMILES string of the molecule is CN(Cc1ccc(Br)cc1)C(=N)N=C(N)N. The Morgan fingerprint density at radius 3 is 2.44 bits per heavy atom. The van der Waals surface area contributed by atoms with Crippen LogP contribution in [0.4, 0.5) is 0 Å². The van der Waals surface area contributed by atoms with E-state index in [2.05, 4.69) is 20.9 Å². The highest BCUT2D eigenvalue weighted by atomic mass is 79.9. The maximum Gasteiger partial charge on any atom is 0.221 e. The molecule has 0 aliphatic heterocycles. The zero-order chi connectivity index (χ0) is 12.1. The molecule has 0 saturated heterocycles. The molecule has 0 amide bonds. The highest BCUT2D eigenvalue weighted by molar-refractivity contribution is 9.10. The zero-order valence-corrected chi connectivity index (χ0v) is 10.5. The summed E-state index contributed by atoms with van der Waals surface area (Å²) in [5, 5.41) is 7.59. The van der Waals surface area contributed by atoms with Gasteiger partial charge >= 0.3 is 0 Å². The molecule has 0 atom stereocenters. The molecule has 1 aromatic rings. The molecule has 0 radical (unpaired) electrons. The van der Waals surface area contributed by atoms with Crippen LogP contribution in [0.1, 0.15) is 5.56 Å². The van der Waals surface area contributed by atoms with Gasteiger partial charge in [0, 0.05) is 18.1 Å². The summed E-state index contributed by atoms with van der Waals surface area (Å²) in [5.41, 5.74) is 11.5. The molecule has 1 rings (SSSR count). The van der Waals surface area contributed by atoms with E-state index in [-0.39, 0.29) is 11.9 Å². The van der Waals surface area contributed by atoms with Gasteiger partial charge in [-0.1, -0.05) is 28.1 Å².